The second-order valence-electron chi connectivity index (χ2n) is 10.2. The summed E-state index contributed by atoms with van der Waals surface area (Å²) in [5.74, 6) is -0.402. The van der Waals surface area contributed by atoms with Crippen molar-refractivity contribution in [3.63, 3.8) is 0 Å². The first kappa shape index (κ1) is 24.7. The molecule has 2 aromatic carbocycles. The molecule has 1 aliphatic rings. The number of halogens is 1. The van der Waals surface area contributed by atoms with E-state index in [0.29, 0.717) is 22.1 Å². The van der Waals surface area contributed by atoms with Crippen LogP contribution in [0.3, 0.4) is 0 Å². The molecule has 3 heterocycles. The topological polar surface area (TPSA) is 70.4 Å². The first-order valence-electron chi connectivity index (χ1n) is 11.8. The van der Waals surface area contributed by atoms with Gasteiger partial charge in [-0.3, -0.25) is 0 Å². The van der Waals surface area contributed by atoms with Gasteiger partial charge in [-0.1, -0.05) is 35.9 Å². The fraction of sp³-hybridized carbons (Fsp3) is 0.296. The van der Waals surface area contributed by atoms with Gasteiger partial charge in [-0.15, -0.1) is 0 Å². The summed E-state index contributed by atoms with van der Waals surface area (Å²) in [6, 6.07) is 16.5. The SMILES string of the molecule is Cc1ccc(S(=O)(=O)n2c(Cc3ccccc3F)cc3c(B4OC(C)(C)C(C)(C)O4)ccnc32)cc1. The van der Waals surface area contributed by atoms with Crippen molar-refractivity contribution in [3.05, 3.63) is 89.5 Å². The van der Waals surface area contributed by atoms with E-state index in [9.17, 15) is 12.8 Å². The van der Waals surface area contributed by atoms with E-state index in [1.54, 1.807) is 60.8 Å². The van der Waals surface area contributed by atoms with Gasteiger partial charge in [0, 0.05) is 23.7 Å². The summed E-state index contributed by atoms with van der Waals surface area (Å²) in [6.45, 7) is 9.73. The van der Waals surface area contributed by atoms with Gasteiger partial charge >= 0.3 is 7.12 Å². The van der Waals surface area contributed by atoms with Crippen LogP contribution in [0.5, 0.6) is 0 Å². The lowest BCUT2D eigenvalue weighted by Gasteiger charge is -2.32. The minimum Gasteiger partial charge on any atom is -0.399 e. The fourth-order valence-electron chi connectivity index (χ4n) is 4.37. The van der Waals surface area contributed by atoms with Crippen molar-refractivity contribution >= 4 is 33.6 Å². The Kier molecular flexibility index (Phi) is 5.85. The van der Waals surface area contributed by atoms with E-state index in [2.05, 4.69) is 4.98 Å². The van der Waals surface area contributed by atoms with Crippen LogP contribution < -0.4 is 5.46 Å². The van der Waals surface area contributed by atoms with Gasteiger partial charge in [0.2, 0.25) is 0 Å². The Labute approximate surface area is 211 Å². The summed E-state index contributed by atoms with van der Waals surface area (Å²) in [5.41, 5.74) is 1.50. The lowest BCUT2D eigenvalue weighted by Crippen LogP contribution is -2.41. The molecule has 0 spiro atoms. The average Bonchev–Trinajstić information content (AvgIpc) is 3.28. The predicted molar refractivity (Wildman–Crippen MR) is 138 cm³/mol. The van der Waals surface area contributed by atoms with Crippen molar-refractivity contribution in [2.75, 3.05) is 0 Å². The van der Waals surface area contributed by atoms with Crippen LogP contribution in [0.4, 0.5) is 4.39 Å². The van der Waals surface area contributed by atoms with Gasteiger partial charge in [0.15, 0.2) is 5.65 Å². The zero-order chi connectivity index (χ0) is 25.9. The highest BCUT2D eigenvalue weighted by molar-refractivity contribution is 7.90. The number of aryl methyl sites for hydroxylation is 1. The molecule has 186 valence electrons. The van der Waals surface area contributed by atoms with E-state index in [1.807, 2.05) is 34.6 Å². The molecule has 0 atom stereocenters. The molecule has 2 aromatic heterocycles. The van der Waals surface area contributed by atoms with Crippen LogP contribution in [0.15, 0.2) is 71.8 Å². The van der Waals surface area contributed by atoms with E-state index in [4.69, 9.17) is 9.31 Å². The number of hydrogen-bond donors (Lipinski definition) is 0. The van der Waals surface area contributed by atoms with Gasteiger partial charge in [0.25, 0.3) is 10.0 Å². The van der Waals surface area contributed by atoms with E-state index in [1.165, 1.54) is 10.0 Å². The van der Waals surface area contributed by atoms with Crippen LogP contribution in [0.2, 0.25) is 0 Å². The van der Waals surface area contributed by atoms with Crippen molar-refractivity contribution in [2.45, 2.75) is 57.1 Å². The van der Waals surface area contributed by atoms with Gasteiger partial charge in [0.1, 0.15) is 5.82 Å². The number of pyridine rings is 1. The molecule has 1 aliphatic heterocycles. The molecule has 0 saturated carbocycles. The maximum Gasteiger partial charge on any atom is 0.495 e. The number of fused-ring (bicyclic) bond motifs is 1. The quantitative estimate of drug-likeness (QED) is 0.370. The Balaban J connectivity index is 1.73. The Morgan fingerprint density at radius 2 is 1.61 bits per heavy atom. The molecular weight excluding hydrogens is 478 g/mol. The van der Waals surface area contributed by atoms with Gasteiger partial charge in [0.05, 0.1) is 16.1 Å². The summed E-state index contributed by atoms with van der Waals surface area (Å²) in [7, 11) is -4.75. The largest absolute Gasteiger partial charge is 0.495 e. The second kappa shape index (κ2) is 8.54. The highest BCUT2D eigenvalue weighted by atomic mass is 32.2. The third-order valence-electron chi connectivity index (χ3n) is 7.16. The minimum atomic E-state index is -4.04. The van der Waals surface area contributed by atoms with Crippen molar-refractivity contribution in [3.8, 4) is 0 Å². The lowest BCUT2D eigenvalue weighted by molar-refractivity contribution is 0.00578. The molecule has 1 saturated heterocycles. The normalized spacial score (nSPS) is 17.1. The average molecular weight is 506 g/mol. The zero-order valence-corrected chi connectivity index (χ0v) is 21.8. The molecule has 0 N–H and O–H groups in total. The molecule has 5 rings (SSSR count). The molecule has 6 nitrogen and oxygen atoms in total. The van der Waals surface area contributed by atoms with E-state index in [-0.39, 0.29) is 17.0 Å². The van der Waals surface area contributed by atoms with Crippen molar-refractivity contribution < 1.29 is 22.1 Å². The van der Waals surface area contributed by atoms with Gasteiger partial charge in [-0.25, -0.2) is 21.8 Å². The monoisotopic (exact) mass is 506 g/mol. The smallest absolute Gasteiger partial charge is 0.399 e. The van der Waals surface area contributed by atoms with Crippen molar-refractivity contribution in [1.82, 2.24) is 8.96 Å². The summed E-state index contributed by atoms with van der Waals surface area (Å²) in [4.78, 5) is 4.59. The van der Waals surface area contributed by atoms with E-state index >= 15 is 0 Å². The Hall–Kier alpha value is -3.01. The van der Waals surface area contributed by atoms with Crippen LogP contribution in [0.1, 0.15) is 44.5 Å². The Morgan fingerprint density at radius 3 is 2.25 bits per heavy atom. The summed E-state index contributed by atoms with van der Waals surface area (Å²) < 4.78 is 56.2. The second-order valence-corrected chi connectivity index (χ2v) is 12.0. The van der Waals surface area contributed by atoms with Crippen LogP contribution >= 0.6 is 0 Å². The van der Waals surface area contributed by atoms with Gasteiger partial charge in [-0.2, -0.15) is 0 Å². The molecule has 0 aliphatic carbocycles. The summed E-state index contributed by atoms with van der Waals surface area (Å²) >= 11 is 0. The predicted octanol–water partition coefficient (Wildman–Crippen LogP) is 4.61. The van der Waals surface area contributed by atoms with Crippen molar-refractivity contribution in [1.29, 1.82) is 0 Å². The highest BCUT2D eigenvalue weighted by Gasteiger charge is 2.52. The van der Waals surface area contributed by atoms with Gasteiger partial charge < -0.3 is 9.31 Å². The summed E-state index contributed by atoms with van der Waals surface area (Å²) in [5, 5.41) is 0.582. The molecule has 0 radical (unpaired) electrons. The molecular formula is C27H28BFN2O4S. The van der Waals surface area contributed by atoms with Crippen molar-refractivity contribution in [2.24, 2.45) is 0 Å². The Morgan fingerprint density at radius 1 is 0.972 bits per heavy atom. The van der Waals surface area contributed by atoms with Crippen LogP contribution in [0.25, 0.3) is 11.0 Å². The standard InChI is InChI=1S/C27H28BFN2O4S/c1-18-10-12-21(13-11-18)36(32,33)31-20(16-19-8-6-7-9-24(19)29)17-22-23(14-15-30-25(22)31)28-34-26(2,3)27(4,5)35-28/h6-15,17H,16H2,1-5H3. The van der Waals surface area contributed by atoms with Gasteiger partial charge in [-0.05, 0) is 76.0 Å². The lowest BCUT2D eigenvalue weighted by atomic mass is 9.78. The molecule has 0 unspecified atom stereocenters. The Bertz CT molecular complexity index is 1550. The fourth-order valence-corrected chi connectivity index (χ4v) is 5.86. The highest BCUT2D eigenvalue weighted by Crippen LogP contribution is 2.37. The van der Waals surface area contributed by atoms with E-state index in [0.717, 1.165) is 5.56 Å². The molecule has 0 bridgehead atoms. The van der Waals surface area contributed by atoms with Crippen LogP contribution in [-0.2, 0) is 25.8 Å². The number of rotatable bonds is 5. The van der Waals surface area contributed by atoms with Crippen LogP contribution in [-0.4, -0.2) is 35.7 Å². The third kappa shape index (κ3) is 4.05. The zero-order valence-electron chi connectivity index (χ0n) is 20.9. The number of benzene rings is 2. The maximum absolute atomic E-state index is 14.6. The third-order valence-corrected chi connectivity index (χ3v) is 8.92. The van der Waals surface area contributed by atoms with Crippen LogP contribution in [0, 0.1) is 12.7 Å². The number of nitrogens with zero attached hydrogens (tertiary/aromatic N) is 2. The summed E-state index contributed by atoms with van der Waals surface area (Å²) in [6.07, 6.45) is 1.62. The first-order valence-corrected chi connectivity index (χ1v) is 13.3. The molecule has 0 amide bonds. The first-order chi connectivity index (χ1) is 16.9. The maximum atomic E-state index is 14.6. The molecule has 1 fully saturated rings. The number of hydrogen-bond acceptors (Lipinski definition) is 5. The molecule has 36 heavy (non-hydrogen) atoms. The van der Waals surface area contributed by atoms with E-state index < -0.39 is 34.2 Å². The molecule has 4 aromatic rings. The minimum absolute atomic E-state index is 0.0664. The number of aromatic nitrogens is 2. The molecule has 9 heteroatoms.